The predicted molar refractivity (Wildman–Crippen MR) is 74.8 cm³/mol. The lowest BCUT2D eigenvalue weighted by atomic mass is 10.1. The van der Waals surface area contributed by atoms with Crippen LogP contribution in [0.1, 0.15) is 16.1 Å². The number of rotatable bonds is 5. The largest absolute Gasteiger partial charge is 0.368 e. The van der Waals surface area contributed by atoms with E-state index in [0.717, 1.165) is 5.56 Å². The van der Waals surface area contributed by atoms with Gasteiger partial charge in [0.2, 0.25) is 5.91 Å². The minimum absolute atomic E-state index is 0.256. The van der Waals surface area contributed by atoms with Crippen molar-refractivity contribution < 1.29 is 9.59 Å². The lowest BCUT2D eigenvalue weighted by Crippen LogP contribution is -2.46. The fourth-order valence-corrected chi connectivity index (χ4v) is 1.80. The highest BCUT2D eigenvalue weighted by atomic mass is 16.2. The van der Waals surface area contributed by atoms with Crippen LogP contribution in [0.4, 0.5) is 0 Å². The zero-order valence-corrected chi connectivity index (χ0v) is 10.8. The van der Waals surface area contributed by atoms with Gasteiger partial charge < -0.3 is 11.1 Å². The first-order valence-corrected chi connectivity index (χ1v) is 6.22. The molecular formula is C15H15N3O2. The maximum absolute atomic E-state index is 12.0. The smallest absolute Gasteiger partial charge is 0.270 e. The number of aromatic nitrogens is 1. The van der Waals surface area contributed by atoms with E-state index in [9.17, 15) is 9.59 Å². The Balaban J connectivity index is 2.07. The molecule has 3 N–H and O–H groups in total. The maximum Gasteiger partial charge on any atom is 0.270 e. The summed E-state index contributed by atoms with van der Waals surface area (Å²) in [5.74, 6) is -0.983. The zero-order chi connectivity index (χ0) is 14.4. The topological polar surface area (TPSA) is 85.1 Å². The van der Waals surface area contributed by atoms with E-state index in [-0.39, 0.29) is 5.69 Å². The molecule has 0 aliphatic heterocycles. The van der Waals surface area contributed by atoms with Crippen LogP contribution in [-0.2, 0) is 11.2 Å². The quantitative estimate of drug-likeness (QED) is 0.846. The summed E-state index contributed by atoms with van der Waals surface area (Å²) < 4.78 is 0. The summed E-state index contributed by atoms with van der Waals surface area (Å²) in [6.07, 6.45) is 1.88. The van der Waals surface area contributed by atoms with E-state index in [1.54, 1.807) is 18.2 Å². The van der Waals surface area contributed by atoms with Crippen LogP contribution in [0, 0.1) is 0 Å². The number of nitrogens with zero attached hydrogens (tertiary/aromatic N) is 1. The molecule has 0 aliphatic carbocycles. The molecule has 102 valence electrons. The van der Waals surface area contributed by atoms with Crippen LogP contribution in [0.3, 0.4) is 0 Å². The number of nitrogens with one attached hydrogen (secondary N) is 1. The number of carbonyl (C=O) groups excluding carboxylic acids is 2. The Bertz CT molecular complexity index is 585. The molecular weight excluding hydrogens is 254 g/mol. The van der Waals surface area contributed by atoms with Crippen LogP contribution in [0.2, 0.25) is 0 Å². The molecule has 1 aromatic carbocycles. The van der Waals surface area contributed by atoms with Crippen molar-refractivity contribution in [2.75, 3.05) is 0 Å². The third kappa shape index (κ3) is 3.65. The number of benzene rings is 1. The Morgan fingerprint density at radius 2 is 1.80 bits per heavy atom. The van der Waals surface area contributed by atoms with Gasteiger partial charge in [-0.3, -0.25) is 14.6 Å². The number of hydrogen-bond acceptors (Lipinski definition) is 3. The average Bonchev–Trinajstić information content (AvgIpc) is 2.48. The van der Waals surface area contributed by atoms with Crippen molar-refractivity contribution in [3.05, 3.63) is 66.0 Å². The standard InChI is InChI=1S/C15H15N3O2/c16-14(19)13(10-11-6-2-1-3-7-11)18-15(20)12-8-4-5-9-17-12/h1-9,13H,10H2,(H2,16,19)(H,18,20)/t13-/m0/s1. The van der Waals surface area contributed by atoms with Gasteiger partial charge in [0.15, 0.2) is 0 Å². The van der Waals surface area contributed by atoms with Crippen LogP contribution in [0.25, 0.3) is 0 Å². The molecule has 1 atom stereocenters. The number of pyridine rings is 1. The highest BCUT2D eigenvalue weighted by Crippen LogP contribution is 2.04. The molecule has 0 bridgehead atoms. The number of primary amides is 1. The highest BCUT2D eigenvalue weighted by molar-refractivity contribution is 5.95. The monoisotopic (exact) mass is 269 g/mol. The van der Waals surface area contributed by atoms with E-state index in [0.29, 0.717) is 6.42 Å². The van der Waals surface area contributed by atoms with E-state index in [1.165, 1.54) is 6.20 Å². The van der Waals surface area contributed by atoms with Gasteiger partial charge in [-0.2, -0.15) is 0 Å². The first-order chi connectivity index (χ1) is 9.66. The fourth-order valence-electron chi connectivity index (χ4n) is 1.80. The van der Waals surface area contributed by atoms with Crippen molar-refractivity contribution in [1.82, 2.24) is 10.3 Å². The van der Waals surface area contributed by atoms with E-state index < -0.39 is 17.9 Å². The number of hydrogen-bond donors (Lipinski definition) is 2. The molecule has 0 radical (unpaired) electrons. The third-order valence-electron chi connectivity index (χ3n) is 2.83. The molecule has 20 heavy (non-hydrogen) atoms. The van der Waals surface area contributed by atoms with Gasteiger partial charge in [-0.25, -0.2) is 0 Å². The van der Waals surface area contributed by atoms with Crippen LogP contribution in [0.5, 0.6) is 0 Å². The molecule has 5 nitrogen and oxygen atoms in total. The Hall–Kier alpha value is -2.69. The van der Waals surface area contributed by atoms with Crippen molar-refractivity contribution in [1.29, 1.82) is 0 Å². The summed E-state index contributed by atoms with van der Waals surface area (Å²) in [6, 6.07) is 13.6. The normalized spacial score (nSPS) is 11.6. The second kappa shape index (κ2) is 6.47. The minimum atomic E-state index is -0.757. The molecule has 2 aromatic rings. The fraction of sp³-hybridized carbons (Fsp3) is 0.133. The summed E-state index contributed by atoms with van der Waals surface area (Å²) in [5.41, 5.74) is 6.52. The Morgan fingerprint density at radius 3 is 2.40 bits per heavy atom. The molecule has 5 heteroatoms. The SMILES string of the molecule is NC(=O)[C@H](Cc1ccccc1)NC(=O)c1ccccn1. The molecule has 2 amide bonds. The molecule has 2 rings (SSSR count). The van der Waals surface area contributed by atoms with Crippen molar-refractivity contribution in [2.24, 2.45) is 5.73 Å². The molecule has 1 aromatic heterocycles. The van der Waals surface area contributed by atoms with E-state index in [2.05, 4.69) is 10.3 Å². The van der Waals surface area contributed by atoms with Crippen LogP contribution < -0.4 is 11.1 Å². The average molecular weight is 269 g/mol. The molecule has 1 heterocycles. The Labute approximate surface area is 116 Å². The van der Waals surface area contributed by atoms with Gasteiger partial charge in [-0.15, -0.1) is 0 Å². The molecule has 0 unspecified atom stereocenters. The maximum atomic E-state index is 12.0. The van der Waals surface area contributed by atoms with Gasteiger partial charge in [-0.05, 0) is 17.7 Å². The van der Waals surface area contributed by atoms with Crippen molar-refractivity contribution in [3.63, 3.8) is 0 Å². The van der Waals surface area contributed by atoms with Crippen LogP contribution >= 0.6 is 0 Å². The van der Waals surface area contributed by atoms with E-state index >= 15 is 0 Å². The number of nitrogens with two attached hydrogens (primary N) is 1. The summed E-state index contributed by atoms with van der Waals surface area (Å²) in [7, 11) is 0. The number of amides is 2. The van der Waals surface area contributed by atoms with Crippen LogP contribution in [-0.4, -0.2) is 22.8 Å². The first-order valence-electron chi connectivity index (χ1n) is 6.22. The Morgan fingerprint density at radius 1 is 1.10 bits per heavy atom. The molecule has 0 aliphatic rings. The second-order valence-corrected chi connectivity index (χ2v) is 4.33. The summed E-state index contributed by atoms with van der Waals surface area (Å²) in [5, 5.41) is 2.61. The van der Waals surface area contributed by atoms with Gasteiger partial charge in [0, 0.05) is 12.6 Å². The second-order valence-electron chi connectivity index (χ2n) is 4.33. The van der Waals surface area contributed by atoms with Crippen molar-refractivity contribution in [3.8, 4) is 0 Å². The highest BCUT2D eigenvalue weighted by Gasteiger charge is 2.19. The molecule has 0 spiro atoms. The zero-order valence-electron chi connectivity index (χ0n) is 10.8. The Kier molecular flexibility index (Phi) is 4.44. The van der Waals surface area contributed by atoms with E-state index in [1.807, 2.05) is 30.3 Å². The van der Waals surface area contributed by atoms with Crippen LogP contribution in [0.15, 0.2) is 54.7 Å². The van der Waals surface area contributed by atoms with E-state index in [4.69, 9.17) is 5.73 Å². The van der Waals surface area contributed by atoms with Gasteiger partial charge in [0.25, 0.3) is 5.91 Å². The summed E-state index contributed by atoms with van der Waals surface area (Å²) in [6.45, 7) is 0. The molecule has 0 fully saturated rings. The molecule has 0 saturated carbocycles. The lowest BCUT2D eigenvalue weighted by molar-refractivity contribution is -0.119. The number of carbonyl (C=O) groups is 2. The van der Waals surface area contributed by atoms with Gasteiger partial charge >= 0.3 is 0 Å². The van der Waals surface area contributed by atoms with Crippen molar-refractivity contribution in [2.45, 2.75) is 12.5 Å². The van der Waals surface area contributed by atoms with Gasteiger partial charge in [0.05, 0.1) is 0 Å². The minimum Gasteiger partial charge on any atom is -0.368 e. The summed E-state index contributed by atoms with van der Waals surface area (Å²) in [4.78, 5) is 27.4. The summed E-state index contributed by atoms with van der Waals surface area (Å²) >= 11 is 0. The van der Waals surface area contributed by atoms with Gasteiger partial charge in [0.1, 0.15) is 11.7 Å². The van der Waals surface area contributed by atoms with Gasteiger partial charge in [-0.1, -0.05) is 36.4 Å². The predicted octanol–water partition coefficient (Wildman–Crippen LogP) is 0.908. The lowest BCUT2D eigenvalue weighted by Gasteiger charge is -2.15. The molecule has 0 saturated heterocycles. The first kappa shape index (κ1) is 13.7. The third-order valence-corrected chi connectivity index (χ3v) is 2.83. The van der Waals surface area contributed by atoms with Crippen molar-refractivity contribution >= 4 is 11.8 Å².